The standard InChI is InChI=1S/C15H12FN3O3/c16-13-3-1-2-12(8-13)10-17-18-15(20)9-11-4-6-14(7-5-11)19(21)22/h1-8,10H,9H2,(H,18,20)/b17-10+. The number of amides is 1. The number of nitrogens with zero attached hydrogens (tertiary/aromatic N) is 2. The topological polar surface area (TPSA) is 84.6 Å². The monoisotopic (exact) mass is 301 g/mol. The normalized spacial score (nSPS) is 10.6. The zero-order chi connectivity index (χ0) is 15.9. The Hall–Kier alpha value is -3.09. The molecule has 0 unspecified atom stereocenters. The van der Waals surface area contributed by atoms with Gasteiger partial charge in [-0.05, 0) is 23.3 Å². The molecular weight excluding hydrogens is 289 g/mol. The van der Waals surface area contributed by atoms with Crippen molar-refractivity contribution in [2.45, 2.75) is 6.42 Å². The number of halogens is 1. The SMILES string of the molecule is O=C(Cc1ccc([N+](=O)[O-])cc1)N/N=C/c1cccc(F)c1. The van der Waals surface area contributed by atoms with Crippen molar-refractivity contribution in [1.29, 1.82) is 0 Å². The molecule has 1 amide bonds. The Morgan fingerprint density at radius 1 is 1.27 bits per heavy atom. The Morgan fingerprint density at radius 3 is 2.64 bits per heavy atom. The first-order valence-electron chi connectivity index (χ1n) is 6.35. The molecule has 2 aromatic rings. The molecule has 6 nitrogen and oxygen atoms in total. The number of hydrogen-bond donors (Lipinski definition) is 1. The van der Waals surface area contributed by atoms with Gasteiger partial charge in [-0.3, -0.25) is 14.9 Å². The lowest BCUT2D eigenvalue weighted by Crippen LogP contribution is -2.19. The second-order valence-corrected chi connectivity index (χ2v) is 4.45. The number of hydrogen-bond acceptors (Lipinski definition) is 4. The molecular formula is C15H12FN3O3. The summed E-state index contributed by atoms with van der Waals surface area (Å²) in [4.78, 5) is 21.7. The zero-order valence-corrected chi connectivity index (χ0v) is 11.4. The molecule has 0 atom stereocenters. The first-order valence-corrected chi connectivity index (χ1v) is 6.35. The number of nitrogens with one attached hydrogen (secondary N) is 1. The second-order valence-electron chi connectivity index (χ2n) is 4.45. The molecule has 0 fully saturated rings. The number of non-ortho nitro benzene ring substituents is 1. The van der Waals surface area contributed by atoms with Gasteiger partial charge in [-0.2, -0.15) is 5.10 Å². The highest BCUT2D eigenvalue weighted by Crippen LogP contribution is 2.12. The molecule has 0 aliphatic rings. The van der Waals surface area contributed by atoms with Crippen LogP contribution in [0.3, 0.4) is 0 Å². The molecule has 0 bridgehead atoms. The van der Waals surface area contributed by atoms with Crippen LogP contribution in [0.4, 0.5) is 10.1 Å². The summed E-state index contributed by atoms with van der Waals surface area (Å²) in [7, 11) is 0. The summed E-state index contributed by atoms with van der Waals surface area (Å²) in [5.74, 6) is -0.761. The Labute approximate surface area is 125 Å². The number of benzene rings is 2. The zero-order valence-electron chi connectivity index (χ0n) is 11.4. The minimum absolute atomic E-state index is 0.0340. The van der Waals surface area contributed by atoms with E-state index in [1.54, 1.807) is 6.07 Å². The number of carbonyl (C=O) groups excluding carboxylic acids is 1. The number of nitro groups is 1. The van der Waals surface area contributed by atoms with Crippen molar-refractivity contribution < 1.29 is 14.1 Å². The molecule has 112 valence electrons. The molecule has 0 aliphatic heterocycles. The van der Waals surface area contributed by atoms with Gasteiger partial charge in [-0.1, -0.05) is 24.3 Å². The number of carbonyl (C=O) groups is 1. The maximum atomic E-state index is 12.9. The third-order valence-electron chi connectivity index (χ3n) is 2.76. The third-order valence-corrected chi connectivity index (χ3v) is 2.76. The second kappa shape index (κ2) is 7.07. The fourth-order valence-electron chi connectivity index (χ4n) is 1.73. The van der Waals surface area contributed by atoms with E-state index < -0.39 is 4.92 Å². The van der Waals surface area contributed by atoms with Gasteiger partial charge in [0, 0.05) is 12.1 Å². The average Bonchev–Trinajstić information content (AvgIpc) is 2.48. The van der Waals surface area contributed by atoms with Crippen molar-refractivity contribution in [3.8, 4) is 0 Å². The Balaban J connectivity index is 1.89. The van der Waals surface area contributed by atoms with Crippen molar-refractivity contribution in [3.05, 3.63) is 75.6 Å². The van der Waals surface area contributed by atoms with E-state index >= 15 is 0 Å². The van der Waals surface area contributed by atoms with Crippen LogP contribution in [0.25, 0.3) is 0 Å². The molecule has 7 heteroatoms. The van der Waals surface area contributed by atoms with Crippen LogP contribution in [0.15, 0.2) is 53.6 Å². The maximum absolute atomic E-state index is 12.9. The lowest BCUT2D eigenvalue weighted by atomic mass is 10.1. The minimum Gasteiger partial charge on any atom is -0.273 e. The fourth-order valence-corrected chi connectivity index (χ4v) is 1.73. The van der Waals surface area contributed by atoms with E-state index in [2.05, 4.69) is 10.5 Å². The highest BCUT2D eigenvalue weighted by atomic mass is 19.1. The first-order chi connectivity index (χ1) is 10.5. The number of rotatable bonds is 5. The summed E-state index contributed by atoms with van der Waals surface area (Å²) in [5.41, 5.74) is 3.43. The molecule has 0 saturated heterocycles. The van der Waals surface area contributed by atoms with Crippen molar-refractivity contribution in [2.75, 3.05) is 0 Å². The van der Waals surface area contributed by atoms with Gasteiger partial charge in [-0.15, -0.1) is 0 Å². The first kappa shape index (κ1) is 15.3. The highest BCUT2D eigenvalue weighted by molar-refractivity contribution is 5.83. The van der Waals surface area contributed by atoms with Gasteiger partial charge in [0.25, 0.3) is 5.69 Å². The summed E-state index contributed by atoms with van der Waals surface area (Å²) in [6.45, 7) is 0. The fraction of sp³-hybridized carbons (Fsp3) is 0.0667. The van der Waals surface area contributed by atoms with E-state index in [9.17, 15) is 19.3 Å². The van der Waals surface area contributed by atoms with Crippen molar-refractivity contribution in [3.63, 3.8) is 0 Å². The smallest absolute Gasteiger partial charge is 0.269 e. The average molecular weight is 301 g/mol. The summed E-state index contributed by atoms with van der Waals surface area (Å²) in [6.07, 6.45) is 1.37. The third kappa shape index (κ3) is 4.48. The molecule has 0 heterocycles. The van der Waals surface area contributed by atoms with E-state index in [0.29, 0.717) is 11.1 Å². The summed E-state index contributed by atoms with van der Waals surface area (Å²) >= 11 is 0. The van der Waals surface area contributed by atoms with Crippen LogP contribution in [0.2, 0.25) is 0 Å². The molecule has 1 N–H and O–H groups in total. The van der Waals surface area contributed by atoms with Gasteiger partial charge in [0.2, 0.25) is 5.91 Å². The van der Waals surface area contributed by atoms with Crippen LogP contribution in [0.5, 0.6) is 0 Å². The molecule has 0 saturated carbocycles. The lowest BCUT2D eigenvalue weighted by Gasteiger charge is -2.00. The molecule has 0 aliphatic carbocycles. The van der Waals surface area contributed by atoms with E-state index in [-0.39, 0.29) is 23.8 Å². The maximum Gasteiger partial charge on any atom is 0.269 e. The largest absolute Gasteiger partial charge is 0.273 e. The predicted octanol–water partition coefficient (Wildman–Crippen LogP) is 2.43. The Morgan fingerprint density at radius 2 is 2.00 bits per heavy atom. The van der Waals surface area contributed by atoms with Crippen LogP contribution >= 0.6 is 0 Å². The lowest BCUT2D eigenvalue weighted by molar-refractivity contribution is -0.384. The molecule has 0 radical (unpaired) electrons. The molecule has 0 spiro atoms. The van der Waals surface area contributed by atoms with Gasteiger partial charge in [0.05, 0.1) is 17.6 Å². The van der Waals surface area contributed by atoms with Crippen molar-refractivity contribution in [2.24, 2.45) is 5.10 Å². The predicted molar refractivity (Wildman–Crippen MR) is 78.9 cm³/mol. The van der Waals surface area contributed by atoms with Crippen LogP contribution in [0.1, 0.15) is 11.1 Å². The number of nitro benzene ring substituents is 1. The van der Waals surface area contributed by atoms with E-state index in [1.807, 2.05) is 0 Å². The summed E-state index contributed by atoms with van der Waals surface area (Å²) < 4.78 is 12.9. The molecule has 0 aromatic heterocycles. The van der Waals surface area contributed by atoms with Crippen molar-refractivity contribution in [1.82, 2.24) is 5.43 Å². The van der Waals surface area contributed by atoms with Crippen LogP contribution in [-0.2, 0) is 11.2 Å². The highest BCUT2D eigenvalue weighted by Gasteiger charge is 2.06. The minimum atomic E-state index is -0.507. The Kier molecular flexibility index (Phi) is 4.92. The summed E-state index contributed by atoms with van der Waals surface area (Å²) in [5, 5.41) is 14.2. The summed E-state index contributed by atoms with van der Waals surface area (Å²) in [6, 6.07) is 11.5. The molecule has 2 rings (SSSR count). The van der Waals surface area contributed by atoms with Crippen LogP contribution < -0.4 is 5.43 Å². The molecule has 22 heavy (non-hydrogen) atoms. The van der Waals surface area contributed by atoms with Gasteiger partial charge in [0.15, 0.2) is 0 Å². The van der Waals surface area contributed by atoms with Crippen molar-refractivity contribution >= 4 is 17.8 Å². The van der Waals surface area contributed by atoms with E-state index in [1.165, 1.54) is 48.7 Å². The Bertz CT molecular complexity index is 714. The number of hydrazone groups is 1. The van der Waals surface area contributed by atoms with Crippen LogP contribution in [-0.4, -0.2) is 17.0 Å². The van der Waals surface area contributed by atoms with Crippen LogP contribution in [0, 0.1) is 15.9 Å². The molecule has 2 aromatic carbocycles. The van der Waals surface area contributed by atoms with E-state index in [4.69, 9.17) is 0 Å². The van der Waals surface area contributed by atoms with Gasteiger partial charge in [-0.25, -0.2) is 9.82 Å². The quantitative estimate of drug-likeness (QED) is 0.523. The van der Waals surface area contributed by atoms with Gasteiger partial charge < -0.3 is 0 Å². The van der Waals surface area contributed by atoms with Gasteiger partial charge in [0.1, 0.15) is 5.82 Å². The van der Waals surface area contributed by atoms with Gasteiger partial charge >= 0.3 is 0 Å². The van der Waals surface area contributed by atoms with E-state index in [0.717, 1.165) is 0 Å².